The molecule has 1 radical (unpaired) electrons. The second kappa shape index (κ2) is 4.73. The van der Waals surface area contributed by atoms with Crippen molar-refractivity contribution in [2.24, 2.45) is 0 Å². The molecule has 0 atom stereocenters. The fraction of sp³-hybridized carbons (Fsp3) is 0.111. The number of aryl methyl sites for hydroxylation is 1. The summed E-state index contributed by atoms with van der Waals surface area (Å²) in [7, 11) is 0. The molecule has 1 heterocycles. The van der Waals surface area contributed by atoms with Gasteiger partial charge in [0.1, 0.15) is 0 Å². The van der Waals surface area contributed by atoms with Gasteiger partial charge >= 0.3 is 5.76 Å². The molecule has 1 aromatic heterocycles. The van der Waals surface area contributed by atoms with Crippen molar-refractivity contribution in [3.05, 3.63) is 41.7 Å². The molecule has 0 spiro atoms. The first-order valence-electron chi connectivity index (χ1n) is 3.35. The Labute approximate surface area is 101 Å². The second-order valence-electron chi connectivity index (χ2n) is 2.51. The van der Waals surface area contributed by atoms with E-state index < -0.39 is 5.76 Å². The molecule has 1 aromatic carbocycles. The monoisotopic (exact) mass is 253 g/mol. The van der Waals surface area contributed by atoms with Gasteiger partial charge in [0, 0.05) is 32.7 Å². The molecule has 13 heavy (non-hydrogen) atoms. The zero-order valence-corrected chi connectivity index (χ0v) is 10.5. The molecule has 0 aliphatic heterocycles. The molecule has 0 saturated carbocycles. The summed E-state index contributed by atoms with van der Waals surface area (Å²) in [6.45, 7) is 1.96. The molecule has 3 nitrogen and oxygen atoms in total. The minimum absolute atomic E-state index is 0. The molecule has 0 bridgehead atoms. The van der Waals surface area contributed by atoms with Crippen molar-refractivity contribution in [3.8, 4) is 0 Å². The molecular weight excluding hydrogens is 243 g/mol. The SMILES string of the molecule is Cc1ccc2oc(=O)[nH]c2c1.[CH3-].[Y]. The van der Waals surface area contributed by atoms with E-state index in [0.717, 1.165) is 11.1 Å². The number of nitrogens with one attached hydrogen (secondary N) is 1. The molecule has 0 saturated heterocycles. The summed E-state index contributed by atoms with van der Waals surface area (Å²) in [5.74, 6) is -0.398. The van der Waals surface area contributed by atoms with Gasteiger partial charge < -0.3 is 11.8 Å². The van der Waals surface area contributed by atoms with Gasteiger partial charge in [-0.1, -0.05) is 6.07 Å². The fourth-order valence-electron chi connectivity index (χ4n) is 1.07. The van der Waals surface area contributed by atoms with Crippen LogP contribution in [0.15, 0.2) is 27.4 Å². The molecule has 67 valence electrons. The van der Waals surface area contributed by atoms with Crippen molar-refractivity contribution < 1.29 is 37.1 Å². The molecule has 2 aromatic rings. The van der Waals surface area contributed by atoms with Gasteiger partial charge in [-0.25, -0.2) is 4.79 Å². The van der Waals surface area contributed by atoms with Crippen molar-refractivity contribution in [1.29, 1.82) is 0 Å². The maximum absolute atomic E-state index is 10.7. The van der Waals surface area contributed by atoms with Crippen LogP contribution in [0.5, 0.6) is 0 Å². The number of rotatable bonds is 0. The van der Waals surface area contributed by atoms with Crippen LogP contribution < -0.4 is 5.76 Å². The first-order chi connectivity index (χ1) is 5.25. The van der Waals surface area contributed by atoms with Gasteiger partial charge in [0.05, 0.1) is 5.52 Å². The molecule has 0 unspecified atom stereocenters. The molecule has 0 amide bonds. The van der Waals surface area contributed by atoms with Gasteiger partial charge in [0.2, 0.25) is 0 Å². The molecule has 1 N–H and O–H groups in total. The summed E-state index contributed by atoms with van der Waals surface area (Å²) in [5.41, 5.74) is 2.48. The molecule has 2 rings (SSSR count). The van der Waals surface area contributed by atoms with Gasteiger partial charge in [0.15, 0.2) is 5.58 Å². The van der Waals surface area contributed by atoms with Crippen molar-refractivity contribution >= 4 is 11.1 Å². The van der Waals surface area contributed by atoms with Crippen LogP contribution in [-0.2, 0) is 32.7 Å². The van der Waals surface area contributed by atoms with Crippen LogP contribution in [0.2, 0.25) is 0 Å². The first-order valence-corrected chi connectivity index (χ1v) is 3.35. The van der Waals surface area contributed by atoms with Gasteiger partial charge in [-0.3, -0.25) is 4.98 Å². The van der Waals surface area contributed by atoms with Crippen LogP contribution >= 0.6 is 0 Å². The predicted octanol–water partition coefficient (Wildman–Crippen LogP) is 1.88. The van der Waals surface area contributed by atoms with Crippen LogP contribution in [0.1, 0.15) is 5.56 Å². The Bertz CT molecular complexity index is 444. The van der Waals surface area contributed by atoms with Crippen LogP contribution in [0.25, 0.3) is 11.1 Å². The van der Waals surface area contributed by atoms with Gasteiger partial charge in [-0.05, 0) is 24.6 Å². The predicted molar refractivity (Wildman–Crippen MR) is 48.0 cm³/mol. The van der Waals surface area contributed by atoms with Crippen molar-refractivity contribution in [3.63, 3.8) is 0 Å². The van der Waals surface area contributed by atoms with E-state index in [4.69, 9.17) is 4.42 Å². The summed E-state index contributed by atoms with van der Waals surface area (Å²) in [4.78, 5) is 13.3. The Balaban J connectivity index is 0.000000720. The zero-order valence-electron chi connectivity index (χ0n) is 7.63. The van der Waals surface area contributed by atoms with E-state index in [9.17, 15) is 4.79 Å². The Morgan fingerprint density at radius 2 is 2.08 bits per heavy atom. The quantitative estimate of drug-likeness (QED) is 0.728. The van der Waals surface area contributed by atoms with Crippen LogP contribution in [0, 0.1) is 14.4 Å². The molecular formula is C9H10NO2Y-. The molecule has 0 aliphatic rings. The van der Waals surface area contributed by atoms with Crippen molar-refractivity contribution in [1.82, 2.24) is 4.98 Å². The number of aromatic nitrogens is 1. The molecule has 0 fully saturated rings. The number of hydrogen-bond donors (Lipinski definition) is 1. The third-order valence-corrected chi connectivity index (χ3v) is 1.57. The Morgan fingerprint density at radius 1 is 1.38 bits per heavy atom. The van der Waals surface area contributed by atoms with Crippen molar-refractivity contribution in [2.45, 2.75) is 6.92 Å². The normalized spacial score (nSPS) is 9.00. The maximum atomic E-state index is 10.7. The topological polar surface area (TPSA) is 46.0 Å². The van der Waals surface area contributed by atoms with Gasteiger partial charge in [0.25, 0.3) is 0 Å². The summed E-state index contributed by atoms with van der Waals surface area (Å²) in [5, 5.41) is 0. The van der Waals surface area contributed by atoms with E-state index in [-0.39, 0.29) is 40.1 Å². The molecule has 4 heteroatoms. The van der Waals surface area contributed by atoms with Crippen LogP contribution in [-0.4, -0.2) is 4.98 Å². The Kier molecular flexibility index (Phi) is 4.58. The summed E-state index contributed by atoms with van der Waals surface area (Å²) < 4.78 is 4.81. The van der Waals surface area contributed by atoms with E-state index in [1.54, 1.807) is 6.07 Å². The van der Waals surface area contributed by atoms with E-state index in [1.807, 2.05) is 19.1 Å². The van der Waals surface area contributed by atoms with Crippen LogP contribution in [0.3, 0.4) is 0 Å². The summed E-state index contributed by atoms with van der Waals surface area (Å²) in [6.07, 6.45) is 0. The first kappa shape index (κ1) is 12.6. The minimum Gasteiger partial charge on any atom is -0.408 e. The number of benzene rings is 1. The number of oxazole rings is 1. The Hall–Kier alpha value is -0.406. The second-order valence-corrected chi connectivity index (χ2v) is 2.51. The summed E-state index contributed by atoms with van der Waals surface area (Å²) >= 11 is 0. The average Bonchev–Trinajstić information content (AvgIpc) is 2.27. The molecule has 0 aliphatic carbocycles. The number of hydrogen-bond acceptors (Lipinski definition) is 2. The smallest absolute Gasteiger partial charge is 0.408 e. The minimum atomic E-state index is -0.398. The number of fused-ring (bicyclic) bond motifs is 1. The average molecular weight is 253 g/mol. The van der Waals surface area contributed by atoms with E-state index in [0.29, 0.717) is 5.58 Å². The van der Waals surface area contributed by atoms with Gasteiger partial charge in [-0.15, -0.1) is 0 Å². The third kappa shape index (κ3) is 2.52. The Morgan fingerprint density at radius 3 is 2.77 bits per heavy atom. The van der Waals surface area contributed by atoms with E-state index in [2.05, 4.69) is 4.98 Å². The van der Waals surface area contributed by atoms with Gasteiger partial charge in [-0.2, -0.15) is 0 Å². The zero-order chi connectivity index (χ0) is 7.84. The van der Waals surface area contributed by atoms with Crippen LogP contribution in [0.4, 0.5) is 0 Å². The third-order valence-electron chi connectivity index (χ3n) is 1.57. The largest absolute Gasteiger partial charge is 0.417 e. The van der Waals surface area contributed by atoms with E-state index in [1.165, 1.54) is 0 Å². The fourth-order valence-corrected chi connectivity index (χ4v) is 1.07. The van der Waals surface area contributed by atoms with E-state index >= 15 is 0 Å². The summed E-state index contributed by atoms with van der Waals surface area (Å²) in [6, 6.07) is 5.56. The standard InChI is InChI=1S/C8H7NO2.CH3.Y/c1-5-2-3-7-6(4-5)9-8(10)11-7;;/h2-4H,1H3,(H,9,10);1H3;/q;-1;. The maximum Gasteiger partial charge on any atom is 0.417 e. The number of aromatic amines is 1. The van der Waals surface area contributed by atoms with Crippen molar-refractivity contribution in [2.75, 3.05) is 0 Å². The number of H-pyrrole nitrogens is 1.